The quantitative estimate of drug-likeness (QED) is 0.311. The van der Waals surface area contributed by atoms with E-state index in [1.54, 1.807) is 11.1 Å². The third-order valence-corrected chi connectivity index (χ3v) is 7.73. The lowest BCUT2D eigenvalue weighted by Gasteiger charge is -2.24. The molecule has 2 fully saturated rings. The van der Waals surface area contributed by atoms with E-state index in [1.807, 2.05) is 0 Å². The molecule has 0 unspecified atom stereocenters. The zero-order valence-electron chi connectivity index (χ0n) is 16.8. The van der Waals surface area contributed by atoms with Crippen molar-refractivity contribution in [3.05, 3.63) is 59.7 Å². The summed E-state index contributed by atoms with van der Waals surface area (Å²) in [6.07, 6.45) is 14.0. The van der Waals surface area contributed by atoms with E-state index >= 15 is 0 Å². The summed E-state index contributed by atoms with van der Waals surface area (Å²) in [7, 11) is 0. The van der Waals surface area contributed by atoms with Gasteiger partial charge in [0, 0.05) is 0 Å². The number of hydrogen-bond acceptors (Lipinski definition) is 0. The van der Waals surface area contributed by atoms with Crippen LogP contribution in [0, 0.1) is 0 Å². The largest absolute Gasteiger partial charge is 0.0537 e. The van der Waals surface area contributed by atoms with Crippen LogP contribution in [0.2, 0.25) is 0 Å². The highest BCUT2D eigenvalue weighted by Crippen LogP contribution is 2.42. The first-order valence-electron chi connectivity index (χ1n) is 11.6. The van der Waals surface area contributed by atoms with Gasteiger partial charge in [0.15, 0.2) is 0 Å². The Morgan fingerprint density at radius 3 is 1.07 bits per heavy atom. The molecule has 0 heterocycles. The van der Waals surface area contributed by atoms with E-state index in [0.717, 1.165) is 11.8 Å². The molecule has 0 radical (unpaired) electrons. The minimum absolute atomic E-state index is 0.772. The first kappa shape index (κ1) is 16.8. The fourth-order valence-corrected chi connectivity index (χ4v) is 6.23. The minimum Gasteiger partial charge on any atom is -0.0537 e. The molecular weight excluding hydrogens is 336 g/mol. The van der Waals surface area contributed by atoms with Crippen LogP contribution in [0.15, 0.2) is 48.5 Å². The van der Waals surface area contributed by atoms with Crippen molar-refractivity contribution in [3.63, 3.8) is 0 Å². The van der Waals surface area contributed by atoms with Gasteiger partial charge in [0.2, 0.25) is 0 Å². The molecule has 0 heteroatoms. The van der Waals surface area contributed by atoms with Crippen LogP contribution in [-0.4, -0.2) is 0 Å². The molecule has 6 rings (SSSR count). The van der Waals surface area contributed by atoms with Crippen molar-refractivity contribution in [2.24, 2.45) is 0 Å². The molecule has 142 valence electrons. The van der Waals surface area contributed by atoms with Crippen LogP contribution in [0.25, 0.3) is 32.3 Å². The lowest BCUT2D eigenvalue weighted by atomic mass is 9.80. The van der Waals surface area contributed by atoms with Crippen molar-refractivity contribution in [1.29, 1.82) is 0 Å². The first-order chi connectivity index (χ1) is 13.9. The van der Waals surface area contributed by atoms with Crippen LogP contribution in [0.3, 0.4) is 0 Å². The molecule has 2 aliphatic rings. The summed E-state index contributed by atoms with van der Waals surface area (Å²) in [6, 6.07) is 19.6. The topological polar surface area (TPSA) is 0 Å². The monoisotopic (exact) mass is 366 g/mol. The van der Waals surface area contributed by atoms with E-state index < -0.39 is 0 Å². The predicted octanol–water partition coefficient (Wildman–Crippen LogP) is 8.68. The SMILES string of the molecule is c1cc2cc(C3CCCCC3)cc3ccc4cc(C5CCCCC5)cc1c4c23. The highest BCUT2D eigenvalue weighted by atomic mass is 14.2. The lowest BCUT2D eigenvalue weighted by molar-refractivity contribution is 0.444. The third kappa shape index (κ3) is 2.72. The average Bonchev–Trinajstić information content (AvgIpc) is 2.78. The molecule has 0 aromatic heterocycles. The summed E-state index contributed by atoms with van der Waals surface area (Å²) in [6.45, 7) is 0. The van der Waals surface area contributed by atoms with E-state index in [1.165, 1.54) is 96.5 Å². The van der Waals surface area contributed by atoms with Crippen molar-refractivity contribution in [2.45, 2.75) is 76.0 Å². The van der Waals surface area contributed by atoms with Gasteiger partial charge in [-0.25, -0.2) is 0 Å². The Hall–Kier alpha value is -2.08. The van der Waals surface area contributed by atoms with Crippen LogP contribution in [0.5, 0.6) is 0 Å². The highest BCUT2D eigenvalue weighted by Gasteiger charge is 2.20. The molecule has 0 aliphatic heterocycles. The molecule has 0 atom stereocenters. The van der Waals surface area contributed by atoms with Crippen LogP contribution in [0.1, 0.15) is 87.2 Å². The summed E-state index contributed by atoms with van der Waals surface area (Å²) >= 11 is 0. The highest BCUT2D eigenvalue weighted by molar-refractivity contribution is 6.23. The van der Waals surface area contributed by atoms with Gasteiger partial charge in [-0.3, -0.25) is 0 Å². The van der Waals surface area contributed by atoms with Gasteiger partial charge in [-0.2, -0.15) is 0 Å². The zero-order valence-corrected chi connectivity index (χ0v) is 16.8. The van der Waals surface area contributed by atoms with E-state index in [9.17, 15) is 0 Å². The molecule has 0 saturated heterocycles. The predicted molar refractivity (Wildman–Crippen MR) is 122 cm³/mol. The van der Waals surface area contributed by atoms with Crippen LogP contribution >= 0.6 is 0 Å². The Bertz CT molecular complexity index is 965. The Morgan fingerprint density at radius 1 is 0.429 bits per heavy atom. The number of hydrogen-bond donors (Lipinski definition) is 0. The van der Waals surface area contributed by atoms with Crippen molar-refractivity contribution >= 4 is 32.3 Å². The van der Waals surface area contributed by atoms with Crippen LogP contribution in [-0.2, 0) is 0 Å². The van der Waals surface area contributed by atoms with Crippen molar-refractivity contribution in [1.82, 2.24) is 0 Å². The smallest absolute Gasteiger partial charge is 0.00266 e. The van der Waals surface area contributed by atoms with Gasteiger partial charge >= 0.3 is 0 Å². The molecule has 0 nitrogen and oxygen atoms in total. The third-order valence-electron chi connectivity index (χ3n) is 7.73. The Morgan fingerprint density at radius 2 is 0.750 bits per heavy atom. The van der Waals surface area contributed by atoms with Crippen LogP contribution in [0.4, 0.5) is 0 Å². The molecule has 0 bridgehead atoms. The minimum atomic E-state index is 0.772. The fourth-order valence-electron chi connectivity index (χ4n) is 6.23. The van der Waals surface area contributed by atoms with Crippen molar-refractivity contribution in [3.8, 4) is 0 Å². The molecule has 4 aromatic carbocycles. The zero-order chi connectivity index (χ0) is 18.5. The fraction of sp³-hybridized carbons (Fsp3) is 0.429. The van der Waals surface area contributed by atoms with Crippen molar-refractivity contribution < 1.29 is 0 Å². The average molecular weight is 367 g/mol. The second kappa shape index (κ2) is 6.76. The molecule has 4 aromatic rings. The summed E-state index contributed by atoms with van der Waals surface area (Å²) in [5, 5.41) is 8.76. The second-order valence-electron chi connectivity index (χ2n) is 9.49. The Kier molecular flexibility index (Phi) is 4.07. The summed E-state index contributed by atoms with van der Waals surface area (Å²) in [5.74, 6) is 1.54. The van der Waals surface area contributed by atoms with E-state index in [4.69, 9.17) is 0 Å². The van der Waals surface area contributed by atoms with Gasteiger partial charge in [0.25, 0.3) is 0 Å². The molecule has 2 aliphatic carbocycles. The first-order valence-corrected chi connectivity index (χ1v) is 11.6. The van der Waals surface area contributed by atoms with Gasteiger partial charge in [-0.1, -0.05) is 87.1 Å². The van der Waals surface area contributed by atoms with E-state index in [2.05, 4.69) is 48.5 Å². The van der Waals surface area contributed by atoms with Gasteiger partial charge < -0.3 is 0 Å². The summed E-state index contributed by atoms with van der Waals surface area (Å²) < 4.78 is 0. The second-order valence-corrected chi connectivity index (χ2v) is 9.49. The maximum atomic E-state index is 2.51. The van der Waals surface area contributed by atoms with Crippen molar-refractivity contribution in [2.75, 3.05) is 0 Å². The molecule has 2 saturated carbocycles. The van der Waals surface area contributed by atoms with E-state index in [-0.39, 0.29) is 0 Å². The van der Waals surface area contributed by atoms with Gasteiger partial charge in [0.1, 0.15) is 0 Å². The normalized spacial score (nSPS) is 19.9. The molecular formula is C28H30. The maximum Gasteiger partial charge on any atom is -0.00266 e. The molecule has 28 heavy (non-hydrogen) atoms. The van der Waals surface area contributed by atoms with Gasteiger partial charge in [-0.15, -0.1) is 0 Å². The summed E-state index contributed by atoms with van der Waals surface area (Å²) in [4.78, 5) is 0. The maximum absolute atomic E-state index is 2.51. The Labute approximate surface area is 168 Å². The lowest BCUT2D eigenvalue weighted by Crippen LogP contribution is -2.05. The standard InChI is InChI=1S/C28H30/c1-3-7-19(8-4-1)25-15-21-11-13-23-17-26(20-9-5-2-6-10-20)18-24-14-12-22(16-25)27(21)28(23)24/h11-20H,1-10H2. The number of rotatable bonds is 2. The summed E-state index contributed by atoms with van der Waals surface area (Å²) in [5.41, 5.74) is 3.15. The van der Waals surface area contributed by atoms with E-state index in [0.29, 0.717) is 0 Å². The van der Waals surface area contributed by atoms with Gasteiger partial charge in [-0.05, 0) is 81.0 Å². The van der Waals surface area contributed by atoms with Gasteiger partial charge in [0.05, 0.1) is 0 Å². The molecule has 0 amide bonds. The molecule has 0 spiro atoms. The number of benzene rings is 4. The Balaban J connectivity index is 1.52. The molecule has 0 N–H and O–H groups in total. The van der Waals surface area contributed by atoms with Crippen LogP contribution < -0.4 is 0 Å².